The summed E-state index contributed by atoms with van der Waals surface area (Å²) in [4.78, 5) is 124. The van der Waals surface area contributed by atoms with E-state index in [2.05, 4.69) is 31.9 Å². The van der Waals surface area contributed by atoms with Gasteiger partial charge in [-0.2, -0.15) is 0 Å². The van der Waals surface area contributed by atoms with Crippen LogP contribution in [0.1, 0.15) is 89.1 Å². The summed E-state index contributed by atoms with van der Waals surface area (Å²) in [5.41, 5.74) is 9.43. The van der Waals surface area contributed by atoms with Gasteiger partial charge in [-0.15, -0.1) is 0 Å². The smallest absolute Gasteiger partial charge is 0.272 e. The van der Waals surface area contributed by atoms with E-state index in [1.165, 1.54) is 30.3 Å². The molecule has 648 valence electrons. The van der Waals surface area contributed by atoms with Crippen molar-refractivity contribution < 1.29 is 158 Å². The van der Waals surface area contributed by atoms with Gasteiger partial charge in [-0.1, -0.05) is 47.5 Å². The van der Waals surface area contributed by atoms with E-state index in [4.69, 9.17) is 77.3 Å². The van der Waals surface area contributed by atoms with E-state index >= 15 is 24.0 Å². The number of nitrogens with one attached hydrogen (secondary N) is 6. The van der Waals surface area contributed by atoms with Crippen molar-refractivity contribution in [1.29, 1.82) is 0 Å². The number of ether oxygens (including phenoxy) is 9. The molecule has 0 unspecified atom stereocenters. The molecule has 7 aromatic rings. The summed E-state index contributed by atoms with van der Waals surface area (Å²) in [5.74, 6) is -18.1. The molecule has 9 heterocycles. The maximum Gasteiger partial charge on any atom is 0.272 e. The fourth-order valence-electron chi connectivity index (χ4n) is 15.2. The highest BCUT2D eigenvalue weighted by Gasteiger charge is 2.52. The van der Waals surface area contributed by atoms with Gasteiger partial charge in [0.05, 0.1) is 35.9 Å². The van der Waals surface area contributed by atoms with Crippen molar-refractivity contribution >= 4 is 70.3 Å². The zero-order valence-electron chi connectivity index (χ0n) is 63.6. The molecule has 9 aliphatic rings. The maximum atomic E-state index is 16.8. The lowest BCUT2D eigenvalue weighted by atomic mass is 9.88. The summed E-state index contributed by atoms with van der Waals surface area (Å²) in [6.45, 7) is -1.30. The van der Waals surface area contributed by atoms with E-state index in [1.54, 1.807) is 0 Å². The summed E-state index contributed by atoms with van der Waals surface area (Å²) in [6, 6.07) is 0.766. The van der Waals surface area contributed by atoms with Crippen LogP contribution in [0.4, 0.5) is 0 Å². The second-order valence-corrected chi connectivity index (χ2v) is 30.6. The van der Waals surface area contributed by atoms with Crippen molar-refractivity contribution in [3.63, 3.8) is 0 Å². The van der Waals surface area contributed by atoms with Crippen LogP contribution in [0.5, 0.6) is 69.0 Å². The van der Waals surface area contributed by atoms with E-state index in [9.17, 15) is 91.1 Å². The van der Waals surface area contributed by atoms with Crippen molar-refractivity contribution in [3.8, 4) is 80.1 Å². The summed E-state index contributed by atoms with van der Waals surface area (Å²) < 4.78 is 56.5. The topological polar surface area (TPSA) is 651 Å². The lowest BCUT2D eigenvalue weighted by molar-refractivity contribution is -0.285. The zero-order chi connectivity index (χ0) is 87.6. The number of phenols is 4. The SMILES string of the molecule is CC(=O)N[C@H]1[C@H](O[C@@H]2c3ccc(c(Cl)c3)Oc3cc4cc(c3O[C@@H]3O[C@H](CO)[C@@H](O)[C@H](O)[C@H]3N)Oc3ccc(cc3Cl)C[C@H]3NC(=O)[C@@H](N)c5ccc(O)c(c5)Oc5cc(O)cc(c5)[C@H](NC3=O)C(=O)N[C@H]4C(=O)N[C@H]3C(=O)N[C@@H]2C(=O)N(O)[C@@H](C(C)=O)c2cc(O)cc(O[C@H]4O[C@H](CO)[C@@H](O)[C@H](O)[C@@H]4O)c2-c2cc3ccc2O)O[C@H](CO)[C@@H](O)[C@@H]1O. The van der Waals surface area contributed by atoms with Crippen LogP contribution in [0.15, 0.2) is 115 Å². The highest BCUT2D eigenvalue weighted by molar-refractivity contribution is 6.32. The number of hydroxylamine groups is 2. The number of amides is 7. The highest BCUT2D eigenvalue weighted by Crippen LogP contribution is 2.51. The van der Waals surface area contributed by atoms with Crippen LogP contribution in [0.25, 0.3) is 11.1 Å². The van der Waals surface area contributed by atoms with Gasteiger partial charge in [0.15, 0.2) is 35.1 Å². The van der Waals surface area contributed by atoms with E-state index in [-0.39, 0.29) is 44.0 Å². The largest absolute Gasteiger partial charge is 0.508 e. The average Bonchev–Trinajstić information content (AvgIpc) is 0.750. The van der Waals surface area contributed by atoms with Crippen LogP contribution >= 0.6 is 23.2 Å². The maximum absolute atomic E-state index is 16.8. The quantitative estimate of drug-likeness (QED) is 0.0653. The molecule has 0 aliphatic carbocycles. The molecule has 25 N–H and O–H groups in total. The standard InChI is InChI=1S/C79H81Cl2N9O32/c1-26(94)61-38-21-35(97)22-47(117-79-68(106)67(105)64(102)52(25-93)120-79)53(38)37-15-30(5-7-42(37)98)56-73(109)89-60(76(112)90(61)113)69(121-78-59(84-27(2)95)66(104)63(101)51(24-92)119-78)31-6-10-45(40(81)16-31)116-49-19-33-18-48(70(49)122-77-55(83)65(103)62(100)50(23-91)118-77)115-44-9-3-28(11-39(44)80)12-41-71(107)86-57(74(110)88-58(33)75(111)87-56)32-13-34(96)20-36(14-32)114-46-17-29(4-8-43(46)99)54(82)72(108)85-41/h3-11,13-22,41,50-52,54-69,77-79,91-93,96-106,113H,12,23-25,82-83H2,1-2H3,(H,84,95)(H,85,108)(H,86,107)(H,87,111)(H,88,110)(H,89,109)/t41-,50-,51-,52-,54+,55-,56-,57+,58-,59-,60+,61+,62-,63-,64-,65-,66-,67+,68+,69-,77+,78+,79+/m1/s1. The minimum atomic E-state index is -2.69. The third-order valence-electron chi connectivity index (χ3n) is 21.5. The van der Waals surface area contributed by atoms with Gasteiger partial charge in [0, 0.05) is 36.6 Å². The Morgan fingerprint density at radius 3 is 1.70 bits per heavy atom. The second kappa shape index (κ2) is 35.2. The number of phenolic OH excluding ortho intramolecular Hbond substituents is 4. The molecule has 9 aliphatic heterocycles. The van der Waals surface area contributed by atoms with Crippen LogP contribution in [-0.4, -0.2) is 253 Å². The van der Waals surface area contributed by atoms with E-state index < -0.39 is 304 Å². The molecule has 43 heteroatoms. The first kappa shape index (κ1) is 87.0. The average molecular weight is 1740 g/mol. The van der Waals surface area contributed by atoms with Crippen molar-refractivity contribution in [2.45, 2.75) is 161 Å². The Hall–Kier alpha value is -11.4. The molecule has 0 radical (unpaired) electrons. The minimum absolute atomic E-state index is 0.0334. The summed E-state index contributed by atoms with van der Waals surface area (Å²) >= 11 is 14.5. The summed E-state index contributed by atoms with van der Waals surface area (Å²) in [5, 5.41) is 184. The zero-order valence-corrected chi connectivity index (χ0v) is 65.1. The lowest BCUT2D eigenvalue weighted by Gasteiger charge is -2.44. The molecule has 0 saturated carbocycles. The number of halogens is 2. The Balaban J connectivity index is 1.05. The predicted molar refractivity (Wildman–Crippen MR) is 410 cm³/mol. The fourth-order valence-corrected chi connectivity index (χ4v) is 15.6. The van der Waals surface area contributed by atoms with Gasteiger partial charge in [0.25, 0.3) is 5.91 Å². The highest BCUT2D eigenvalue weighted by atomic mass is 35.5. The van der Waals surface area contributed by atoms with Gasteiger partial charge >= 0.3 is 0 Å². The van der Waals surface area contributed by atoms with Crippen molar-refractivity contribution in [3.05, 3.63) is 164 Å². The molecular formula is C79H81Cl2N9O32. The Bertz CT molecular complexity index is 5280. The van der Waals surface area contributed by atoms with Crippen molar-refractivity contribution in [2.75, 3.05) is 19.8 Å². The first-order valence-corrected chi connectivity index (χ1v) is 38.3. The van der Waals surface area contributed by atoms with Crippen LogP contribution in [0.3, 0.4) is 0 Å². The number of aromatic hydroxyl groups is 4. The van der Waals surface area contributed by atoms with Crippen molar-refractivity contribution in [1.82, 2.24) is 37.0 Å². The number of nitrogens with two attached hydrogens (primary N) is 2. The number of ketones is 1. The monoisotopic (exact) mass is 1740 g/mol. The number of hydrogen-bond acceptors (Lipinski definition) is 34. The van der Waals surface area contributed by atoms with Gasteiger partial charge in [0.1, 0.15) is 156 Å². The molecule has 0 spiro atoms. The summed E-state index contributed by atoms with van der Waals surface area (Å²) in [7, 11) is 0. The molecule has 41 nitrogen and oxygen atoms in total. The predicted octanol–water partition coefficient (Wildman–Crippen LogP) is -1.53. The molecule has 23 atom stereocenters. The molecule has 16 rings (SSSR count). The van der Waals surface area contributed by atoms with E-state index in [0.29, 0.717) is 0 Å². The molecule has 7 aromatic carbocycles. The number of carbonyl (C=O) groups excluding carboxylic acids is 8. The number of Topliss-reactive ketones (excluding diaryl/α,β-unsaturated/α-hetero) is 1. The van der Waals surface area contributed by atoms with Gasteiger partial charge in [0.2, 0.25) is 53.8 Å². The number of aliphatic hydroxyl groups excluding tert-OH is 10. The van der Waals surface area contributed by atoms with E-state index in [0.717, 1.165) is 98.8 Å². The number of rotatable bonds is 11. The van der Waals surface area contributed by atoms with Crippen LogP contribution in [-0.2, 0) is 63.7 Å². The molecule has 7 amide bonds. The first-order valence-electron chi connectivity index (χ1n) is 37.5. The van der Waals surface area contributed by atoms with Crippen LogP contribution in [0, 0.1) is 0 Å². The van der Waals surface area contributed by atoms with Crippen molar-refractivity contribution in [2.24, 2.45) is 11.5 Å². The summed E-state index contributed by atoms with van der Waals surface area (Å²) in [6.07, 6.45) is -28.8. The normalized spacial score (nSPS) is 30.4. The number of aliphatic hydroxyl groups is 10. The Labute approximate surface area is 698 Å². The number of benzene rings is 7. The third-order valence-corrected chi connectivity index (χ3v) is 22.0. The second-order valence-electron chi connectivity index (χ2n) is 29.7. The van der Waals surface area contributed by atoms with Gasteiger partial charge in [-0.3, -0.25) is 43.6 Å². The number of fused-ring (bicyclic) bond motifs is 14. The molecule has 3 fully saturated rings. The molecular weight excluding hydrogens is 1660 g/mol. The Morgan fingerprint density at radius 1 is 0.516 bits per heavy atom. The van der Waals surface area contributed by atoms with Crippen LogP contribution < -0.4 is 67.1 Å². The molecule has 0 aromatic heterocycles. The lowest BCUT2D eigenvalue weighted by Crippen LogP contribution is -2.65. The number of carbonyl (C=O) groups is 8. The molecule has 17 bridgehead atoms. The Morgan fingerprint density at radius 2 is 1.07 bits per heavy atom. The molecule has 122 heavy (non-hydrogen) atoms. The first-order chi connectivity index (χ1) is 58.0. The van der Waals surface area contributed by atoms with Gasteiger partial charge in [-0.25, -0.2) is 5.06 Å². The number of nitrogens with zero attached hydrogens (tertiary/aromatic N) is 1. The van der Waals surface area contributed by atoms with Gasteiger partial charge < -0.3 is 157 Å². The third kappa shape index (κ3) is 17.2. The fraction of sp³-hybridized carbons (Fsp3) is 0.367. The number of hydrogen-bond donors (Lipinski definition) is 23. The minimum Gasteiger partial charge on any atom is -0.508 e. The molecule has 3 saturated heterocycles. The van der Waals surface area contributed by atoms with E-state index in [1.807, 2.05) is 0 Å². The van der Waals surface area contributed by atoms with Gasteiger partial charge in [-0.05, 0) is 125 Å². The Kier molecular flexibility index (Phi) is 25.1. The van der Waals surface area contributed by atoms with Crippen LogP contribution in [0.2, 0.25) is 10.0 Å².